The molecule has 3 saturated heterocycles. The number of amides is 2. The second-order valence-electron chi connectivity index (χ2n) is 15.2. The van der Waals surface area contributed by atoms with Gasteiger partial charge in [-0.25, -0.2) is 18.2 Å². The van der Waals surface area contributed by atoms with Gasteiger partial charge >= 0.3 is 0 Å². The molecule has 1 aromatic heterocycles. The van der Waals surface area contributed by atoms with Gasteiger partial charge in [0.25, 0.3) is 5.56 Å². The molecule has 286 valence electrons. The monoisotopic (exact) mass is 754 g/mol. The van der Waals surface area contributed by atoms with Gasteiger partial charge in [-0.1, -0.05) is 6.07 Å². The third kappa shape index (κ3) is 7.00. The summed E-state index contributed by atoms with van der Waals surface area (Å²) in [5.41, 5.74) is 5.59. The van der Waals surface area contributed by atoms with Crippen molar-refractivity contribution in [2.24, 2.45) is 0 Å². The molecule has 4 heterocycles. The Balaban J connectivity index is 0.878. The molecule has 5 N–H and O–H groups in total. The molecular formula is C40H41F3N8O4. The zero-order valence-electron chi connectivity index (χ0n) is 30.0. The van der Waals surface area contributed by atoms with Crippen molar-refractivity contribution in [1.29, 1.82) is 5.26 Å². The molecule has 8 rings (SSSR count). The summed E-state index contributed by atoms with van der Waals surface area (Å²) in [6, 6.07) is 11.5. The van der Waals surface area contributed by atoms with Crippen LogP contribution in [0.15, 0.2) is 53.6 Å². The minimum absolute atomic E-state index is 0.0314. The Morgan fingerprint density at radius 1 is 0.964 bits per heavy atom. The topological polar surface area (TPSA) is 167 Å². The number of nitrogens with one attached hydrogen (secondary N) is 3. The van der Waals surface area contributed by atoms with Crippen LogP contribution in [0.2, 0.25) is 0 Å². The van der Waals surface area contributed by atoms with Gasteiger partial charge in [-0.2, -0.15) is 5.26 Å². The van der Waals surface area contributed by atoms with E-state index in [-0.39, 0.29) is 70.2 Å². The number of benzene rings is 3. The molecule has 15 heteroatoms. The van der Waals surface area contributed by atoms with Crippen LogP contribution in [-0.4, -0.2) is 63.6 Å². The lowest BCUT2D eigenvalue weighted by Crippen LogP contribution is -2.49. The van der Waals surface area contributed by atoms with Gasteiger partial charge in [-0.3, -0.25) is 24.3 Å². The summed E-state index contributed by atoms with van der Waals surface area (Å²) in [7, 11) is 0. The molecule has 1 aliphatic carbocycles. The van der Waals surface area contributed by atoms with Crippen LogP contribution in [0, 0.1) is 28.8 Å². The van der Waals surface area contributed by atoms with Crippen molar-refractivity contribution in [2.75, 3.05) is 36.1 Å². The number of fused-ring (bicyclic) bond motifs is 1. The predicted octanol–water partition coefficient (Wildman–Crippen LogP) is 5.75. The molecule has 12 nitrogen and oxygen atoms in total. The van der Waals surface area contributed by atoms with E-state index in [1.165, 1.54) is 35.2 Å². The maximum Gasteiger partial charge on any atom is 0.264 e. The van der Waals surface area contributed by atoms with E-state index in [0.29, 0.717) is 30.1 Å². The number of nitrogens with two attached hydrogens (primary N) is 1. The van der Waals surface area contributed by atoms with Gasteiger partial charge in [0.15, 0.2) is 5.82 Å². The van der Waals surface area contributed by atoms with Gasteiger partial charge in [-0.15, -0.1) is 0 Å². The fraction of sp³-hybridized carbons (Fsp3) is 0.425. The smallest absolute Gasteiger partial charge is 0.264 e. The SMILES string of the molecule is N#Cc1c(N)ccc(F)c1Nc1ccc2ncn([C@@H]3COC4(CCN(C5CCC(c6ccc(NC7CCC(=O)NC7=O)cc6F)CC5)CC4)C3)c(=O)c2c1F. The Morgan fingerprint density at radius 3 is 2.47 bits per heavy atom. The minimum Gasteiger partial charge on any atom is -0.398 e. The fourth-order valence-electron chi connectivity index (χ4n) is 8.89. The van der Waals surface area contributed by atoms with Gasteiger partial charge in [0.2, 0.25) is 11.8 Å². The summed E-state index contributed by atoms with van der Waals surface area (Å²) in [5.74, 6) is -2.58. The number of likely N-dealkylation sites (tertiary alicyclic amines) is 1. The standard InChI is InChI=1S/C40H41F3N8O4/c41-28-7-8-30(45)27(19-44)37(28)48-32-10-9-31-35(36(32)43)39(54)51(21-46-31)25-18-40(55-20-25)13-15-50(16-14-40)24-4-1-22(2-5-24)26-6-3-23(17-29(26)42)47-33-11-12-34(52)49-38(33)53/h3,6-10,17,21-22,24-25,33,47-48H,1-2,4-5,11-16,18,20,45H2,(H,49,52,53)/t22?,24?,25-,33?/m0/s1. The lowest BCUT2D eigenvalue weighted by molar-refractivity contribution is -0.133. The number of nitriles is 1. The molecule has 2 amide bonds. The van der Waals surface area contributed by atoms with Crippen LogP contribution < -0.4 is 27.2 Å². The van der Waals surface area contributed by atoms with Crippen LogP contribution in [0.4, 0.5) is 35.9 Å². The highest BCUT2D eigenvalue weighted by atomic mass is 19.1. The van der Waals surface area contributed by atoms with E-state index in [1.54, 1.807) is 12.1 Å². The lowest BCUT2D eigenvalue weighted by Gasteiger charge is -2.44. The Morgan fingerprint density at radius 2 is 1.75 bits per heavy atom. The number of carbonyl (C=O) groups is 2. The summed E-state index contributed by atoms with van der Waals surface area (Å²) in [4.78, 5) is 44.2. The van der Waals surface area contributed by atoms with Crippen molar-refractivity contribution in [3.05, 3.63) is 87.7 Å². The Labute approximate surface area is 314 Å². The molecule has 2 atom stereocenters. The van der Waals surface area contributed by atoms with Gasteiger partial charge < -0.3 is 26.0 Å². The van der Waals surface area contributed by atoms with Crippen molar-refractivity contribution in [1.82, 2.24) is 19.8 Å². The number of anilines is 4. The first-order chi connectivity index (χ1) is 26.5. The van der Waals surface area contributed by atoms with E-state index < -0.39 is 34.7 Å². The number of piperidine rings is 2. The maximum absolute atomic E-state index is 15.9. The zero-order valence-corrected chi connectivity index (χ0v) is 30.0. The summed E-state index contributed by atoms with van der Waals surface area (Å²) < 4.78 is 53.7. The zero-order chi connectivity index (χ0) is 38.4. The average Bonchev–Trinajstić information content (AvgIpc) is 3.58. The number of rotatable bonds is 7. The first kappa shape index (κ1) is 36.5. The summed E-state index contributed by atoms with van der Waals surface area (Å²) in [6.45, 7) is 1.94. The highest BCUT2D eigenvalue weighted by molar-refractivity contribution is 6.01. The number of carbonyl (C=O) groups excluding carboxylic acids is 2. The molecular weight excluding hydrogens is 713 g/mol. The van der Waals surface area contributed by atoms with Gasteiger partial charge in [0.05, 0.1) is 47.2 Å². The second kappa shape index (κ2) is 14.6. The van der Waals surface area contributed by atoms with E-state index in [2.05, 4.69) is 25.8 Å². The van der Waals surface area contributed by atoms with Crippen LogP contribution in [0.3, 0.4) is 0 Å². The molecule has 1 saturated carbocycles. The molecule has 1 unspecified atom stereocenters. The van der Waals surface area contributed by atoms with Crippen LogP contribution in [-0.2, 0) is 14.3 Å². The fourth-order valence-corrected chi connectivity index (χ4v) is 8.89. The maximum atomic E-state index is 15.9. The number of halogens is 3. The molecule has 0 bridgehead atoms. The normalized spacial score (nSPS) is 24.1. The van der Waals surface area contributed by atoms with Gasteiger partial charge in [0.1, 0.15) is 34.7 Å². The third-order valence-corrected chi connectivity index (χ3v) is 12.0. The highest BCUT2D eigenvalue weighted by Crippen LogP contribution is 2.43. The predicted molar refractivity (Wildman–Crippen MR) is 199 cm³/mol. The number of nitrogen functional groups attached to an aromatic ring is 1. The van der Waals surface area contributed by atoms with Crippen molar-refractivity contribution in [3.8, 4) is 6.07 Å². The Kier molecular flexibility index (Phi) is 9.72. The number of nitrogens with zero attached hydrogens (tertiary/aromatic N) is 4. The molecule has 1 spiro atoms. The van der Waals surface area contributed by atoms with Crippen molar-refractivity contribution in [2.45, 2.75) is 87.4 Å². The molecule has 3 aliphatic heterocycles. The molecule has 3 aromatic carbocycles. The molecule has 55 heavy (non-hydrogen) atoms. The molecule has 4 aliphatic rings. The van der Waals surface area contributed by atoms with Crippen LogP contribution >= 0.6 is 0 Å². The van der Waals surface area contributed by atoms with Crippen molar-refractivity contribution < 1.29 is 27.5 Å². The third-order valence-electron chi connectivity index (χ3n) is 12.0. The number of aromatic nitrogens is 2. The van der Waals surface area contributed by atoms with E-state index in [4.69, 9.17) is 10.5 Å². The van der Waals surface area contributed by atoms with Crippen molar-refractivity contribution >= 4 is 45.5 Å². The van der Waals surface area contributed by atoms with Gasteiger partial charge in [-0.05, 0) is 99.2 Å². The van der Waals surface area contributed by atoms with Crippen molar-refractivity contribution in [3.63, 3.8) is 0 Å². The Bertz CT molecular complexity index is 2280. The quantitative estimate of drug-likeness (QED) is 0.135. The second-order valence-corrected chi connectivity index (χ2v) is 15.2. The minimum atomic E-state index is -0.909. The molecule has 4 aromatic rings. The van der Waals surface area contributed by atoms with Gasteiger partial charge in [0, 0.05) is 31.2 Å². The number of hydrogen-bond acceptors (Lipinski definition) is 10. The van der Waals surface area contributed by atoms with Crippen LogP contribution in [0.25, 0.3) is 10.9 Å². The largest absolute Gasteiger partial charge is 0.398 e. The summed E-state index contributed by atoms with van der Waals surface area (Å²) in [5, 5.41) is 17.2. The number of ether oxygens (including phenoxy) is 1. The highest BCUT2D eigenvalue weighted by Gasteiger charge is 2.45. The van der Waals surface area contributed by atoms with E-state index in [0.717, 1.165) is 57.7 Å². The van der Waals surface area contributed by atoms with E-state index >= 15 is 8.78 Å². The molecule has 0 radical (unpaired) electrons. The first-order valence-corrected chi connectivity index (χ1v) is 18.7. The average molecular weight is 755 g/mol. The van der Waals surface area contributed by atoms with Crippen LogP contribution in [0.1, 0.15) is 80.9 Å². The first-order valence-electron chi connectivity index (χ1n) is 18.7. The van der Waals surface area contributed by atoms with E-state index in [1.807, 2.05) is 6.07 Å². The summed E-state index contributed by atoms with van der Waals surface area (Å²) >= 11 is 0. The lowest BCUT2D eigenvalue weighted by atomic mass is 9.79. The number of imide groups is 1. The van der Waals surface area contributed by atoms with E-state index in [9.17, 15) is 24.0 Å². The van der Waals surface area contributed by atoms with Crippen LogP contribution in [0.5, 0.6) is 0 Å². The number of hydrogen-bond donors (Lipinski definition) is 4. The molecule has 4 fully saturated rings. The summed E-state index contributed by atoms with van der Waals surface area (Å²) in [6.07, 6.45) is 7.80. The Hall–Kier alpha value is -5.46.